The van der Waals surface area contributed by atoms with Crippen LogP contribution in [0.4, 0.5) is 0 Å². The molecule has 0 saturated heterocycles. The predicted molar refractivity (Wildman–Crippen MR) is 73.7 cm³/mol. The standard InChI is InChI=1S/C10H13Cl2O2PS/c11-6-8-13-15(16,14-9-7-12)10-4-2-1-3-5-10/h1-5H,6-9H2. The molecule has 16 heavy (non-hydrogen) atoms. The van der Waals surface area contributed by atoms with Gasteiger partial charge in [-0.1, -0.05) is 18.2 Å². The SMILES string of the molecule is S=P(OCCCl)(OCCCl)c1ccccc1. The maximum Gasteiger partial charge on any atom is 0.219 e. The van der Waals surface area contributed by atoms with Crippen molar-refractivity contribution >= 4 is 46.8 Å². The molecule has 0 fully saturated rings. The van der Waals surface area contributed by atoms with Gasteiger partial charge in [-0.2, -0.15) is 0 Å². The van der Waals surface area contributed by atoms with Gasteiger partial charge in [0.15, 0.2) is 0 Å². The van der Waals surface area contributed by atoms with Crippen molar-refractivity contribution in [1.82, 2.24) is 0 Å². The van der Waals surface area contributed by atoms with Crippen LogP contribution in [0.5, 0.6) is 0 Å². The topological polar surface area (TPSA) is 18.5 Å². The minimum absolute atomic E-state index is 0.385. The van der Waals surface area contributed by atoms with Gasteiger partial charge in [0.2, 0.25) is 6.49 Å². The molecule has 1 aromatic rings. The Balaban J connectivity index is 2.82. The second-order valence-corrected chi connectivity index (χ2v) is 7.10. The van der Waals surface area contributed by atoms with Crippen molar-refractivity contribution in [2.45, 2.75) is 0 Å². The van der Waals surface area contributed by atoms with Crippen LogP contribution < -0.4 is 5.30 Å². The molecule has 0 radical (unpaired) electrons. The van der Waals surface area contributed by atoms with Crippen LogP contribution in [0.2, 0.25) is 0 Å². The lowest BCUT2D eigenvalue weighted by Gasteiger charge is -2.21. The molecule has 0 atom stereocenters. The predicted octanol–water partition coefficient (Wildman–Crippen LogP) is 3.13. The fourth-order valence-electron chi connectivity index (χ4n) is 1.11. The molecule has 90 valence electrons. The van der Waals surface area contributed by atoms with Crippen molar-refractivity contribution in [3.8, 4) is 0 Å². The van der Waals surface area contributed by atoms with Gasteiger partial charge in [0, 0.05) is 17.1 Å². The maximum absolute atomic E-state index is 5.59. The maximum atomic E-state index is 5.59. The highest BCUT2D eigenvalue weighted by atomic mass is 35.5. The van der Waals surface area contributed by atoms with Gasteiger partial charge in [-0.25, -0.2) is 0 Å². The summed E-state index contributed by atoms with van der Waals surface area (Å²) in [6, 6.07) is 9.55. The first-order valence-corrected chi connectivity index (χ1v) is 8.50. The van der Waals surface area contributed by atoms with Gasteiger partial charge in [-0.15, -0.1) is 23.2 Å². The highest BCUT2D eigenvalue weighted by molar-refractivity contribution is 8.13. The van der Waals surface area contributed by atoms with Crippen molar-refractivity contribution in [2.75, 3.05) is 25.0 Å². The van der Waals surface area contributed by atoms with E-state index in [1.165, 1.54) is 0 Å². The molecule has 0 amide bonds. The molecule has 2 nitrogen and oxygen atoms in total. The minimum Gasteiger partial charge on any atom is -0.325 e. The quantitative estimate of drug-likeness (QED) is 0.569. The molecule has 0 aliphatic heterocycles. The fourth-order valence-corrected chi connectivity index (χ4v) is 3.86. The van der Waals surface area contributed by atoms with Crippen molar-refractivity contribution in [1.29, 1.82) is 0 Å². The fraction of sp³-hybridized carbons (Fsp3) is 0.400. The lowest BCUT2D eigenvalue weighted by Crippen LogP contribution is -2.12. The Kier molecular flexibility index (Phi) is 6.90. The summed E-state index contributed by atoms with van der Waals surface area (Å²) >= 11 is 16.6. The third-order valence-corrected chi connectivity index (χ3v) is 5.30. The highest BCUT2D eigenvalue weighted by Crippen LogP contribution is 2.47. The number of alkyl halides is 2. The largest absolute Gasteiger partial charge is 0.325 e. The van der Waals surface area contributed by atoms with E-state index in [-0.39, 0.29) is 0 Å². The van der Waals surface area contributed by atoms with Gasteiger partial charge in [0.05, 0.1) is 13.2 Å². The summed E-state index contributed by atoms with van der Waals surface area (Å²) in [5.74, 6) is 0.797. The number of hydrogen-bond donors (Lipinski definition) is 0. The summed E-state index contributed by atoms with van der Waals surface area (Å²) in [6.07, 6.45) is 0. The number of benzene rings is 1. The Morgan fingerprint density at radius 1 is 1.00 bits per heavy atom. The number of hydrogen-bond acceptors (Lipinski definition) is 3. The third kappa shape index (κ3) is 4.33. The van der Waals surface area contributed by atoms with Crippen molar-refractivity contribution in [3.63, 3.8) is 0 Å². The van der Waals surface area contributed by atoms with Crippen LogP contribution in [-0.2, 0) is 20.9 Å². The van der Waals surface area contributed by atoms with Crippen LogP contribution in [-0.4, -0.2) is 25.0 Å². The number of halogens is 2. The van der Waals surface area contributed by atoms with Gasteiger partial charge in [-0.3, -0.25) is 0 Å². The molecular weight excluding hydrogens is 286 g/mol. The van der Waals surface area contributed by atoms with Gasteiger partial charge in [0.25, 0.3) is 0 Å². The lowest BCUT2D eigenvalue weighted by molar-refractivity contribution is 0.277. The summed E-state index contributed by atoms with van der Waals surface area (Å²) in [5.41, 5.74) is 0. The molecule has 1 rings (SSSR count). The molecular formula is C10H13Cl2O2PS. The molecule has 0 aliphatic rings. The minimum atomic E-state index is -2.44. The van der Waals surface area contributed by atoms with Crippen LogP contribution in [0.25, 0.3) is 0 Å². The molecule has 0 unspecified atom stereocenters. The van der Waals surface area contributed by atoms with E-state index in [2.05, 4.69) is 0 Å². The van der Waals surface area contributed by atoms with Crippen molar-refractivity contribution in [3.05, 3.63) is 30.3 Å². The summed E-state index contributed by atoms with van der Waals surface area (Å²) in [5, 5.41) is 0.889. The second kappa shape index (κ2) is 7.65. The van der Waals surface area contributed by atoms with E-state index >= 15 is 0 Å². The molecule has 1 aromatic carbocycles. The number of rotatable bonds is 7. The summed E-state index contributed by atoms with van der Waals surface area (Å²) in [7, 11) is 0. The second-order valence-electron chi connectivity index (χ2n) is 2.88. The molecule has 0 bridgehead atoms. The lowest BCUT2D eigenvalue weighted by atomic mass is 10.4. The van der Waals surface area contributed by atoms with E-state index < -0.39 is 6.49 Å². The molecule has 0 saturated carbocycles. The Hall–Kier alpha value is 0.370. The molecule has 0 heterocycles. The van der Waals surface area contributed by atoms with E-state index in [4.69, 9.17) is 44.1 Å². The molecule has 0 aliphatic carbocycles. The Morgan fingerprint density at radius 3 is 1.94 bits per heavy atom. The zero-order valence-electron chi connectivity index (χ0n) is 8.64. The zero-order valence-corrected chi connectivity index (χ0v) is 11.9. The van der Waals surface area contributed by atoms with Crippen LogP contribution in [0.1, 0.15) is 0 Å². The van der Waals surface area contributed by atoms with Crippen LogP contribution >= 0.6 is 29.7 Å². The zero-order chi connectivity index (χ0) is 11.9. The Morgan fingerprint density at radius 2 is 1.50 bits per heavy atom. The molecule has 0 spiro atoms. The molecule has 0 N–H and O–H groups in total. The Bertz CT molecular complexity index is 336. The van der Waals surface area contributed by atoms with Gasteiger partial charge in [-0.05, 0) is 23.9 Å². The van der Waals surface area contributed by atoms with Crippen LogP contribution in [0.3, 0.4) is 0 Å². The molecule has 0 aromatic heterocycles. The Labute approximate surface area is 111 Å². The van der Waals surface area contributed by atoms with Gasteiger partial charge in [0.1, 0.15) is 0 Å². The van der Waals surface area contributed by atoms with E-state index in [0.29, 0.717) is 25.0 Å². The average Bonchev–Trinajstić information content (AvgIpc) is 2.35. The van der Waals surface area contributed by atoms with Crippen LogP contribution in [0.15, 0.2) is 30.3 Å². The summed E-state index contributed by atoms with van der Waals surface area (Å²) < 4.78 is 11.2. The van der Waals surface area contributed by atoms with Crippen molar-refractivity contribution < 1.29 is 9.05 Å². The average molecular weight is 299 g/mol. The van der Waals surface area contributed by atoms with Crippen LogP contribution in [0, 0.1) is 0 Å². The van der Waals surface area contributed by atoms with E-state index in [0.717, 1.165) is 5.30 Å². The first kappa shape index (κ1) is 14.4. The van der Waals surface area contributed by atoms with E-state index in [9.17, 15) is 0 Å². The van der Waals surface area contributed by atoms with E-state index in [1.807, 2.05) is 30.3 Å². The summed E-state index contributed by atoms with van der Waals surface area (Å²) in [6.45, 7) is -1.67. The van der Waals surface area contributed by atoms with Crippen molar-refractivity contribution in [2.24, 2.45) is 0 Å². The smallest absolute Gasteiger partial charge is 0.219 e. The normalized spacial score (nSPS) is 11.6. The monoisotopic (exact) mass is 298 g/mol. The van der Waals surface area contributed by atoms with Gasteiger partial charge < -0.3 is 9.05 Å². The van der Waals surface area contributed by atoms with Gasteiger partial charge >= 0.3 is 0 Å². The molecule has 6 heteroatoms. The first-order chi connectivity index (χ1) is 7.73. The third-order valence-electron chi connectivity index (χ3n) is 1.75. The summed E-state index contributed by atoms with van der Waals surface area (Å²) in [4.78, 5) is 0. The highest BCUT2D eigenvalue weighted by Gasteiger charge is 2.21. The van der Waals surface area contributed by atoms with E-state index in [1.54, 1.807) is 0 Å². The first-order valence-electron chi connectivity index (χ1n) is 4.79.